The highest BCUT2D eigenvalue weighted by molar-refractivity contribution is 7.85. The SMILES string of the molecule is CC(C)C(=O)CCOCCC(=O)NC(CS(=O)(=O)O)C(=O)C(C)C. The normalized spacial score (nSPS) is 13.1. The molecule has 140 valence electrons. The van der Waals surface area contributed by atoms with Gasteiger partial charge in [-0.1, -0.05) is 27.7 Å². The Morgan fingerprint density at radius 2 is 1.54 bits per heavy atom. The maximum atomic E-state index is 11.9. The van der Waals surface area contributed by atoms with Crippen molar-refractivity contribution in [3.05, 3.63) is 0 Å². The molecule has 0 bridgehead atoms. The molecule has 1 unspecified atom stereocenters. The van der Waals surface area contributed by atoms with Crippen LogP contribution in [-0.2, 0) is 29.2 Å². The van der Waals surface area contributed by atoms with Crippen LogP contribution in [0.3, 0.4) is 0 Å². The summed E-state index contributed by atoms with van der Waals surface area (Å²) in [5.74, 6) is -2.40. The van der Waals surface area contributed by atoms with Crippen molar-refractivity contribution < 1.29 is 32.1 Å². The van der Waals surface area contributed by atoms with E-state index < -0.39 is 39.5 Å². The van der Waals surface area contributed by atoms with Gasteiger partial charge in [-0.05, 0) is 0 Å². The molecule has 0 saturated heterocycles. The fraction of sp³-hybridized carbons (Fsp3) is 0.800. The van der Waals surface area contributed by atoms with E-state index in [1.54, 1.807) is 27.7 Å². The van der Waals surface area contributed by atoms with Crippen LogP contribution in [-0.4, -0.2) is 55.5 Å². The number of ether oxygens (including phenoxy) is 1. The van der Waals surface area contributed by atoms with E-state index in [0.717, 1.165) is 0 Å². The Morgan fingerprint density at radius 1 is 1.00 bits per heavy atom. The Bertz CT molecular complexity index is 540. The van der Waals surface area contributed by atoms with Gasteiger partial charge in [0, 0.05) is 24.7 Å². The molecule has 1 atom stereocenters. The van der Waals surface area contributed by atoms with Gasteiger partial charge in [0.15, 0.2) is 5.78 Å². The molecule has 0 heterocycles. The van der Waals surface area contributed by atoms with Crippen molar-refractivity contribution in [1.82, 2.24) is 5.32 Å². The van der Waals surface area contributed by atoms with Gasteiger partial charge in [0.2, 0.25) is 5.91 Å². The molecule has 0 fully saturated rings. The minimum Gasteiger partial charge on any atom is -0.380 e. The Labute approximate surface area is 143 Å². The highest BCUT2D eigenvalue weighted by Gasteiger charge is 2.27. The van der Waals surface area contributed by atoms with Crippen molar-refractivity contribution >= 4 is 27.6 Å². The third-order valence-corrected chi connectivity index (χ3v) is 3.99. The summed E-state index contributed by atoms with van der Waals surface area (Å²) in [6.07, 6.45) is 0.180. The topological polar surface area (TPSA) is 127 Å². The maximum absolute atomic E-state index is 11.9. The average Bonchev–Trinajstić information content (AvgIpc) is 2.43. The van der Waals surface area contributed by atoms with Gasteiger partial charge in [0.05, 0.1) is 13.2 Å². The minimum atomic E-state index is -4.40. The van der Waals surface area contributed by atoms with Crippen LogP contribution < -0.4 is 5.32 Å². The molecule has 1 amide bonds. The number of carbonyl (C=O) groups is 3. The molecular formula is C15H27NO7S. The van der Waals surface area contributed by atoms with Crippen LogP contribution in [0.1, 0.15) is 40.5 Å². The van der Waals surface area contributed by atoms with Gasteiger partial charge in [-0.2, -0.15) is 8.42 Å². The Balaban J connectivity index is 4.33. The van der Waals surface area contributed by atoms with E-state index in [9.17, 15) is 22.8 Å². The fourth-order valence-corrected chi connectivity index (χ4v) is 2.47. The number of nitrogens with one attached hydrogen (secondary N) is 1. The van der Waals surface area contributed by atoms with Crippen LogP contribution in [0.25, 0.3) is 0 Å². The van der Waals surface area contributed by atoms with Crippen molar-refractivity contribution in [2.45, 2.75) is 46.6 Å². The van der Waals surface area contributed by atoms with E-state index in [1.165, 1.54) is 0 Å². The molecule has 0 aliphatic rings. The molecule has 0 radical (unpaired) electrons. The predicted octanol–water partition coefficient (Wildman–Crippen LogP) is 0.606. The van der Waals surface area contributed by atoms with E-state index in [0.29, 0.717) is 0 Å². The first kappa shape index (κ1) is 22.7. The zero-order chi connectivity index (χ0) is 18.9. The third kappa shape index (κ3) is 10.5. The van der Waals surface area contributed by atoms with Crippen LogP contribution >= 0.6 is 0 Å². The van der Waals surface area contributed by atoms with Crippen LogP contribution in [0.5, 0.6) is 0 Å². The molecule has 0 aromatic rings. The van der Waals surface area contributed by atoms with E-state index in [-0.39, 0.29) is 37.8 Å². The molecule has 0 saturated carbocycles. The summed E-state index contributed by atoms with van der Waals surface area (Å²) in [4.78, 5) is 35.1. The molecular weight excluding hydrogens is 338 g/mol. The monoisotopic (exact) mass is 365 g/mol. The van der Waals surface area contributed by atoms with Crippen molar-refractivity contribution in [3.8, 4) is 0 Å². The van der Waals surface area contributed by atoms with E-state index in [4.69, 9.17) is 9.29 Å². The lowest BCUT2D eigenvalue weighted by atomic mass is 10.0. The van der Waals surface area contributed by atoms with Crippen molar-refractivity contribution in [3.63, 3.8) is 0 Å². The lowest BCUT2D eigenvalue weighted by Crippen LogP contribution is -2.47. The summed E-state index contributed by atoms with van der Waals surface area (Å²) in [5, 5.41) is 2.30. The third-order valence-electron chi connectivity index (χ3n) is 3.24. The van der Waals surface area contributed by atoms with Gasteiger partial charge >= 0.3 is 0 Å². The number of ketones is 2. The van der Waals surface area contributed by atoms with E-state index in [1.807, 2.05) is 0 Å². The number of hydrogen-bond donors (Lipinski definition) is 2. The standard InChI is InChI=1S/C15H27NO7S/c1-10(2)13(17)5-7-23-8-6-14(18)16-12(9-24(20,21)22)15(19)11(3)4/h10-12H,5-9H2,1-4H3,(H,16,18)(H,20,21,22). The van der Waals surface area contributed by atoms with Crippen molar-refractivity contribution in [2.24, 2.45) is 11.8 Å². The zero-order valence-corrected chi connectivity index (χ0v) is 15.4. The first-order valence-electron chi connectivity index (χ1n) is 7.82. The summed E-state index contributed by atoms with van der Waals surface area (Å²) in [5.41, 5.74) is 0. The summed E-state index contributed by atoms with van der Waals surface area (Å²) in [7, 11) is -4.40. The lowest BCUT2D eigenvalue weighted by molar-refractivity contribution is -0.129. The van der Waals surface area contributed by atoms with Crippen LogP contribution in [0.15, 0.2) is 0 Å². The number of amides is 1. The number of hydrogen-bond acceptors (Lipinski definition) is 6. The van der Waals surface area contributed by atoms with E-state index in [2.05, 4.69) is 5.32 Å². The number of carbonyl (C=O) groups excluding carboxylic acids is 3. The molecule has 8 nitrogen and oxygen atoms in total. The Morgan fingerprint density at radius 3 is 2.00 bits per heavy atom. The molecule has 2 N–H and O–H groups in total. The van der Waals surface area contributed by atoms with Gasteiger partial charge in [0.25, 0.3) is 10.1 Å². The smallest absolute Gasteiger partial charge is 0.267 e. The Hall–Kier alpha value is -1.32. The summed E-state index contributed by atoms with van der Waals surface area (Å²) in [6.45, 7) is 6.96. The van der Waals surface area contributed by atoms with Crippen molar-refractivity contribution in [2.75, 3.05) is 19.0 Å². The second kappa shape index (κ2) is 10.5. The summed E-state index contributed by atoms with van der Waals surface area (Å²) in [6, 6.07) is -1.30. The van der Waals surface area contributed by atoms with Gasteiger partial charge < -0.3 is 10.1 Å². The van der Waals surface area contributed by atoms with Crippen LogP contribution in [0, 0.1) is 11.8 Å². The highest BCUT2D eigenvalue weighted by Crippen LogP contribution is 2.04. The number of rotatable bonds is 12. The lowest BCUT2D eigenvalue weighted by Gasteiger charge is -2.18. The average molecular weight is 365 g/mol. The van der Waals surface area contributed by atoms with Gasteiger partial charge in [0.1, 0.15) is 17.6 Å². The molecule has 0 spiro atoms. The van der Waals surface area contributed by atoms with Crippen LogP contribution in [0.4, 0.5) is 0 Å². The first-order chi connectivity index (χ1) is 10.9. The Kier molecular flexibility index (Phi) is 9.95. The molecule has 9 heteroatoms. The van der Waals surface area contributed by atoms with Gasteiger partial charge in [-0.25, -0.2) is 0 Å². The van der Waals surface area contributed by atoms with Gasteiger partial charge in [-0.3, -0.25) is 18.9 Å². The molecule has 0 rings (SSSR count). The number of Topliss-reactive ketones (excluding diaryl/α,β-unsaturated/α-hetero) is 2. The first-order valence-corrected chi connectivity index (χ1v) is 9.43. The molecule has 0 aliphatic heterocycles. The largest absolute Gasteiger partial charge is 0.380 e. The van der Waals surface area contributed by atoms with E-state index >= 15 is 0 Å². The van der Waals surface area contributed by atoms with Crippen LogP contribution in [0.2, 0.25) is 0 Å². The second-order valence-corrected chi connectivity index (χ2v) is 7.66. The molecule has 0 aromatic carbocycles. The quantitative estimate of drug-likeness (QED) is 0.383. The second-order valence-electron chi connectivity index (χ2n) is 6.16. The van der Waals surface area contributed by atoms with Gasteiger partial charge in [-0.15, -0.1) is 0 Å². The summed E-state index contributed by atoms with van der Waals surface area (Å²) < 4.78 is 36.0. The highest BCUT2D eigenvalue weighted by atomic mass is 32.2. The maximum Gasteiger partial charge on any atom is 0.267 e. The molecule has 24 heavy (non-hydrogen) atoms. The molecule has 0 aromatic heterocycles. The predicted molar refractivity (Wildman–Crippen MR) is 88.1 cm³/mol. The fourth-order valence-electron chi connectivity index (χ4n) is 1.80. The minimum absolute atomic E-state index is 0.0473. The zero-order valence-electron chi connectivity index (χ0n) is 14.6. The van der Waals surface area contributed by atoms with Crippen molar-refractivity contribution in [1.29, 1.82) is 0 Å². The molecule has 0 aliphatic carbocycles. The summed E-state index contributed by atoms with van der Waals surface area (Å²) >= 11 is 0.